The fraction of sp³-hybridized carbons (Fsp3) is 0. The molecule has 3 nitrogen and oxygen atoms in total. The van der Waals surface area contributed by atoms with Crippen molar-refractivity contribution < 1.29 is 13.5 Å². The molecule has 5 heteroatoms. The molecule has 0 spiro atoms. The lowest BCUT2D eigenvalue weighted by Crippen LogP contribution is -1.91. The summed E-state index contributed by atoms with van der Waals surface area (Å²) in [6.45, 7) is 0. The van der Waals surface area contributed by atoms with Gasteiger partial charge in [-0.3, -0.25) is 4.98 Å². The van der Waals surface area contributed by atoms with E-state index in [-0.39, 0.29) is 17.1 Å². The predicted octanol–water partition coefficient (Wildman–Crippen LogP) is 3.02. The van der Waals surface area contributed by atoms with Gasteiger partial charge >= 0.3 is 0 Å². The number of rotatable bonds is 2. The van der Waals surface area contributed by atoms with E-state index in [2.05, 4.69) is 4.98 Å². The molecule has 0 aliphatic heterocycles. The molecular weight excluding hydrogens is 226 g/mol. The van der Waals surface area contributed by atoms with Crippen LogP contribution in [0.25, 0.3) is 0 Å². The van der Waals surface area contributed by atoms with Crippen molar-refractivity contribution in [3.8, 4) is 17.6 Å². The highest BCUT2D eigenvalue weighted by atomic mass is 19.2. The molecule has 2 rings (SSSR count). The van der Waals surface area contributed by atoms with E-state index in [1.165, 1.54) is 24.5 Å². The summed E-state index contributed by atoms with van der Waals surface area (Å²) in [6, 6.07) is 6.50. The number of aromatic nitrogens is 1. The number of nitrogens with zero attached hydrogens (tertiary/aromatic N) is 2. The lowest BCUT2D eigenvalue weighted by molar-refractivity contribution is 0.459. The van der Waals surface area contributed by atoms with Gasteiger partial charge in [-0.25, -0.2) is 8.78 Å². The lowest BCUT2D eigenvalue weighted by Gasteiger charge is -2.06. The fourth-order valence-electron chi connectivity index (χ4n) is 1.22. The second kappa shape index (κ2) is 4.58. The van der Waals surface area contributed by atoms with Gasteiger partial charge in [-0.2, -0.15) is 5.26 Å². The van der Waals surface area contributed by atoms with E-state index >= 15 is 0 Å². The molecule has 2 aromatic rings. The average Bonchev–Trinajstić information content (AvgIpc) is 2.34. The van der Waals surface area contributed by atoms with Crippen molar-refractivity contribution in [1.29, 1.82) is 5.26 Å². The number of nitriles is 1. The van der Waals surface area contributed by atoms with Crippen molar-refractivity contribution >= 4 is 0 Å². The Balaban J connectivity index is 2.32. The molecule has 17 heavy (non-hydrogen) atoms. The van der Waals surface area contributed by atoms with Gasteiger partial charge < -0.3 is 4.74 Å². The molecule has 1 aromatic heterocycles. The highest BCUT2D eigenvalue weighted by Gasteiger charge is 2.07. The molecule has 0 radical (unpaired) electrons. The predicted molar refractivity (Wildman–Crippen MR) is 55.4 cm³/mol. The minimum absolute atomic E-state index is 0.105. The van der Waals surface area contributed by atoms with Gasteiger partial charge in [0.15, 0.2) is 17.4 Å². The Morgan fingerprint density at radius 1 is 1.18 bits per heavy atom. The quantitative estimate of drug-likeness (QED) is 0.799. The Labute approximate surface area is 95.9 Å². The first kappa shape index (κ1) is 11.0. The van der Waals surface area contributed by atoms with Gasteiger partial charge in [-0.15, -0.1) is 0 Å². The average molecular weight is 232 g/mol. The number of pyridine rings is 1. The summed E-state index contributed by atoms with van der Waals surface area (Å²) in [5.74, 6) is -1.66. The van der Waals surface area contributed by atoms with E-state index in [1.54, 1.807) is 0 Å². The van der Waals surface area contributed by atoms with Crippen LogP contribution < -0.4 is 4.74 Å². The van der Waals surface area contributed by atoms with Gasteiger partial charge in [-0.05, 0) is 18.2 Å². The van der Waals surface area contributed by atoms with E-state index < -0.39 is 11.6 Å². The number of ether oxygens (including phenoxy) is 1. The SMILES string of the molecule is N#Cc1ccncc1Oc1ccc(F)c(F)c1. The lowest BCUT2D eigenvalue weighted by atomic mass is 10.2. The molecule has 1 heterocycles. The van der Waals surface area contributed by atoms with Crippen LogP contribution >= 0.6 is 0 Å². The Bertz CT molecular complexity index is 593. The number of hydrogen-bond donors (Lipinski definition) is 0. The van der Waals surface area contributed by atoms with Crippen molar-refractivity contribution in [2.45, 2.75) is 0 Å². The second-order valence-electron chi connectivity index (χ2n) is 3.16. The van der Waals surface area contributed by atoms with E-state index in [0.29, 0.717) is 0 Å². The molecule has 0 saturated heterocycles. The molecule has 0 amide bonds. The van der Waals surface area contributed by atoms with Crippen LogP contribution in [0.15, 0.2) is 36.7 Å². The van der Waals surface area contributed by atoms with Crippen molar-refractivity contribution in [3.63, 3.8) is 0 Å². The Hall–Kier alpha value is -2.48. The minimum Gasteiger partial charge on any atom is -0.454 e. The highest BCUT2D eigenvalue weighted by Crippen LogP contribution is 2.24. The number of halogens is 2. The first-order valence-electron chi connectivity index (χ1n) is 4.67. The van der Waals surface area contributed by atoms with Crippen LogP contribution in [0.1, 0.15) is 5.56 Å². The maximum Gasteiger partial charge on any atom is 0.163 e. The maximum atomic E-state index is 12.9. The summed E-state index contributed by atoms with van der Waals surface area (Å²) in [6.07, 6.45) is 2.77. The zero-order valence-corrected chi connectivity index (χ0v) is 8.52. The standard InChI is InChI=1S/C12H6F2N2O/c13-10-2-1-9(5-11(10)14)17-12-7-16-4-3-8(12)6-15/h1-5,7H. The molecule has 0 bridgehead atoms. The summed E-state index contributed by atoms with van der Waals surface area (Å²) in [7, 11) is 0. The summed E-state index contributed by atoms with van der Waals surface area (Å²) < 4.78 is 30.9. The van der Waals surface area contributed by atoms with E-state index in [4.69, 9.17) is 10.00 Å². The molecule has 84 valence electrons. The molecule has 0 aliphatic rings. The number of hydrogen-bond acceptors (Lipinski definition) is 3. The molecule has 0 atom stereocenters. The fourth-order valence-corrected chi connectivity index (χ4v) is 1.22. The molecule has 1 aromatic carbocycles. The summed E-state index contributed by atoms with van der Waals surface area (Å²) >= 11 is 0. The smallest absolute Gasteiger partial charge is 0.163 e. The van der Waals surface area contributed by atoms with E-state index in [9.17, 15) is 8.78 Å². The van der Waals surface area contributed by atoms with Crippen LogP contribution in [-0.2, 0) is 0 Å². The van der Waals surface area contributed by atoms with Gasteiger partial charge in [0.2, 0.25) is 0 Å². The van der Waals surface area contributed by atoms with Gasteiger partial charge in [0.25, 0.3) is 0 Å². The Kier molecular flexibility index (Phi) is 2.97. The summed E-state index contributed by atoms with van der Waals surface area (Å²) in [4.78, 5) is 3.79. The first-order valence-corrected chi connectivity index (χ1v) is 4.67. The summed E-state index contributed by atoms with van der Waals surface area (Å²) in [5.41, 5.74) is 0.268. The monoisotopic (exact) mass is 232 g/mol. The largest absolute Gasteiger partial charge is 0.454 e. The topological polar surface area (TPSA) is 45.9 Å². The molecular formula is C12H6F2N2O. The van der Waals surface area contributed by atoms with Crippen molar-refractivity contribution in [2.75, 3.05) is 0 Å². The van der Waals surface area contributed by atoms with Crippen LogP contribution in [0.5, 0.6) is 11.5 Å². The Morgan fingerprint density at radius 3 is 2.71 bits per heavy atom. The molecule has 0 N–H and O–H groups in total. The van der Waals surface area contributed by atoms with Crippen molar-refractivity contribution in [2.24, 2.45) is 0 Å². The van der Waals surface area contributed by atoms with E-state index in [1.807, 2.05) is 6.07 Å². The van der Waals surface area contributed by atoms with Crippen LogP contribution in [0.4, 0.5) is 8.78 Å². The molecule has 0 saturated carbocycles. The van der Waals surface area contributed by atoms with Gasteiger partial charge in [-0.1, -0.05) is 0 Å². The number of benzene rings is 1. The third-order valence-electron chi connectivity index (χ3n) is 2.02. The first-order chi connectivity index (χ1) is 8.20. The third kappa shape index (κ3) is 2.37. The van der Waals surface area contributed by atoms with Gasteiger partial charge in [0.05, 0.1) is 11.8 Å². The van der Waals surface area contributed by atoms with Crippen molar-refractivity contribution in [1.82, 2.24) is 4.98 Å². The molecule has 0 unspecified atom stereocenters. The van der Waals surface area contributed by atoms with Crippen LogP contribution in [0, 0.1) is 23.0 Å². The van der Waals surface area contributed by atoms with Crippen LogP contribution in [-0.4, -0.2) is 4.98 Å². The zero-order valence-electron chi connectivity index (χ0n) is 8.52. The Morgan fingerprint density at radius 2 is 2.00 bits per heavy atom. The van der Waals surface area contributed by atoms with Crippen molar-refractivity contribution in [3.05, 3.63) is 53.9 Å². The third-order valence-corrected chi connectivity index (χ3v) is 2.02. The highest BCUT2D eigenvalue weighted by molar-refractivity contribution is 5.43. The minimum atomic E-state index is -1.01. The van der Waals surface area contributed by atoms with Crippen LogP contribution in [0.2, 0.25) is 0 Å². The maximum absolute atomic E-state index is 12.9. The van der Waals surface area contributed by atoms with E-state index in [0.717, 1.165) is 12.1 Å². The van der Waals surface area contributed by atoms with Gasteiger partial charge in [0, 0.05) is 12.3 Å². The van der Waals surface area contributed by atoms with Crippen LogP contribution in [0.3, 0.4) is 0 Å². The normalized spacial score (nSPS) is 9.71. The summed E-state index contributed by atoms with van der Waals surface area (Å²) in [5, 5.41) is 8.80. The van der Waals surface area contributed by atoms with Gasteiger partial charge in [0.1, 0.15) is 11.8 Å². The second-order valence-corrected chi connectivity index (χ2v) is 3.16. The molecule has 0 fully saturated rings. The molecule has 0 aliphatic carbocycles. The zero-order chi connectivity index (χ0) is 12.3.